The van der Waals surface area contributed by atoms with E-state index >= 15 is 0 Å². The van der Waals surface area contributed by atoms with Crippen molar-refractivity contribution in [1.82, 2.24) is 19.6 Å². The molecule has 0 aliphatic heterocycles. The normalized spacial score (nSPS) is 15.0. The Morgan fingerprint density at radius 3 is 2.72 bits per heavy atom. The van der Waals surface area contributed by atoms with Crippen molar-refractivity contribution in [3.05, 3.63) is 59.1 Å². The van der Waals surface area contributed by atoms with Crippen LogP contribution in [0.2, 0.25) is 0 Å². The number of hydrogen-bond donors (Lipinski definition) is 1. The lowest BCUT2D eigenvalue weighted by Gasteiger charge is -2.20. The van der Waals surface area contributed by atoms with Gasteiger partial charge >= 0.3 is 0 Å². The van der Waals surface area contributed by atoms with Gasteiger partial charge < -0.3 is 5.32 Å². The first-order valence-corrected chi connectivity index (χ1v) is 13.2. The third kappa shape index (κ3) is 4.55. The smallest absolute Gasteiger partial charge is 0.228 e. The van der Waals surface area contributed by atoms with Gasteiger partial charge in [-0.05, 0) is 41.3 Å². The minimum atomic E-state index is 0.363. The van der Waals surface area contributed by atoms with E-state index < -0.39 is 0 Å². The molecule has 3 aromatic heterocycles. The van der Waals surface area contributed by atoms with E-state index in [-0.39, 0.29) is 0 Å². The van der Waals surface area contributed by atoms with E-state index in [0.29, 0.717) is 17.7 Å². The molecule has 1 fully saturated rings. The van der Waals surface area contributed by atoms with Crippen LogP contribution < -0.4 is 5.32 Å². The van der Waals surface area contributed by atoms with Crippen LogP contribution in [0.1, 0.15) is 63.0 Å². The molecule has 1 saturated carbocycles. The molecular formula is C25H29N5S2. The van der Waals surface area contributed by atoms with Gasteiger partial charge in [0.1, 0.15) is 0 Å². The van der Waals surface area contributed by atoms with Crippen molar-refractivity contribution in [2.45, 2.75) is 68.8 Å². The van der Waals surface area contributed by atoms with Gasteiger partial charge in [0.25, 0.3) is 0 Å². The lowest BCUT2D eigenvalue weighted by molar-refractivity contribution is 0.515. The lowest BCUT2D eigenvalue weighted by atomic mass is 10.0. The summed E-state index contributed by atoms with van der Waals surface area (Å²) in [6.07, 6.45) is 8.43. The summed E-state index contributed by atoms with van der Waals surface area (Å²) in [4.78, 5) is 11.1. The molecule has 1 aromatic carbocycles. The van der Waals surface area contributed by atoms with Crippen molar-refractivity contribution in [3.8, 4) is 10.4 Å². The summed E-state index contributed by atoms with van der Waals surface area (Å²) >= 11 is 3.61. The van der Waals surface area contributed by atoms with Crippen LogP contribution in [0.3, 0.4) is 0 Å². The molecule has 0 radical (unpaired) electrons. The SMILES string of the molecule is CC(C)c1cnn2c(NCc3ccccc3-c3cccs3)nc(SC3CCCCC3)nc12. The van der Waals surface area contributed by atoms with Gasteiger partial charge in [0.05, 0.1) is 6.20 Å². The zero-order valence-electron chi connectivity index (χ0n) is 18.6. The maximum absolute atomic E-state index is 4.94. The first kappa shape index (κ1) is 21.5. The van der Waals surface area contributed by atoms with Crippen LogP contribution in [-0.2, 0) is 6.54 Å². The van der Waals surface area contributed by atoms with Crippen molar-refractivity contribution in [3.63, 3.8) is 0 Å². The molecule has 0 unspecified atom stereocenters. The number of nitrogens with one attached hydrogen (secondary N) is 1. The first-order chi connectivity index (χ1) is 15.7. The summed E-state index contributed by atoms with van der Waals surface area (Å²) in [5.74, 6) is 1.13. The number of thioether (sulfide) groups is 1. The third-order valence-electron chi connectivity index (χ3n) is 6.06. The average molecular weight is 464 g/mol. The van der Waals surface area contributed by atoms with Gasteiger partial charge in [-0.1, -0.05) is 75.2 Å². The van der Waals surface area contributed by atoms with Crippen LogP contribution >= 0.6 is 23.1 Å². The number of benzene rings is 1. The monoisotopic (exact) mass is 463 g/mol. The van der Waals surface area contributed by atoms with Gasteiger partial charge in [-0.2, -0.15) is 14.6 Å². The summed E-state index contributed by atoms with van der Waals surface area (Å²) in [6, 6.07) is 12.8. The van der Waals surface area contributed by atoms with Gasteiger partial charge in [0.2, 0.25) is 5.95 Å². The van der Waals surface area contributed by atoms with E-state index in [1.165, 1.54) is 53.7 Å². The highest BCUT2D eigenvalue weighted by molar-refractivity contribution is 7.99. The van der Waals surface area contributed by atoms with Crippen LogP contribution in [0.4, 0.5) is 5.95 Å². The molecule has 0 amide bonds. The molecule has 0 bridgehead atoms. The van der Waals surface area contributed by atoms with E-state index in [2.05, 4.69) is 66.0 Å². The van der Waals surface area contributed by atoms with Crippen LogP contribution in [0.5, 0.6) is 0 Å². The van der Waals surface area contributed by atoms with Crippen molar-refractivity contribution < 1.29 is 0 Å². The van der Waals surface area contributed by atoms with Crippen molar-refractivity contribution >= 4 is 34.7 Å². The Kier molecular flexibility index (Phi) is 6.46. The quantitative estimate of drug-likeness (QED) is 0.319. The second kappa shape index (κ2) is 9.63. The van der Waals surface area contributed by atoms with Crippen molar-refractivity contribution in [1.29, 1.82) is 0 Å². The number of anilines is 1. The Labute approximate surface area is 197 Å². The highest BCUT2D eigenvalue weighted by Crippen LogP contribution is 2.34. The predicted molar refractivity (Wildman–Crippen MR) is 135 cm³/mol. The number of aromatic nitrogens is 4. The fraction of sp³-hybridized carbons (Fsp3) is 0.400. The van der Waals surface area contributed by atoms with Crippen molar-refractivity contribution in [2.24, 2.45) is 0 Å². The second-order valence-corrected chi connectivity index (χ2v) is 10.9. The summed E-state index contributed by atoms with van der Waals surface area (Å²) in [5, 5.41) is 11.8. The number of thiophene rings is 1. The molecular weight excluding hydrogens is 434 g/mol. The topological polar surface area (TPSA) is 55.1 Å². The number of fused-ring (bicyclic) bond motifs is 1. The Hall–Kier alpha value is -2.38. The maximum atomic E-state index is 4.94. The Morgan fingerprint density at radius 2 is 1.94 bits per heavy atom. The third-order valence-corrected chi connectivity index (χ3v) is 8.16. The molecule has 5 rings (SSSR count). The van der Waals surface area contributed by atoms with Gasteiger partial charge in [-0.25, -0.2) is 4.98 Å². The van der Waals surface area contributed by atoms with Crippen LogP contribution in [-0.4, -0.2) is 24.8 Å². The number of rotatable bonds is 7. The summed E-state index contributed by atoms with van der Waals surface area (Å²) < 4.78 is 1.87. The summed E-state index contributed by atoms with van der Waals surface area (Å²) in [5.41, 5.74) is 4.60. The minimum absolute atomic E-state index is 0.363. The lowest BCUT2D eigenvalue weighted by Crippen LogP contribution is -2.13. The molecule has 0 saturated heterocycles. The molecule has 5 nitrogen and oxygen atoms in total. The predicted octanol–water partition coefficient (Wildman–Crippen LogP) is 7.01. The van der Waals surface area contributed by atoms with Gasteiger partial charge in [0, 0.05) is 22.2 Å². The van der Waals surface area contributed by atoms with Gasteiger partial charge in [-0.15, -0.1) is 11.3 Å². The van der Waals surface area contributed by atoms with E-state index in [1.54, 1.807) is 11.3 Å². The fourth-order valence-corrected chi connectivity index (χ4v) is 6.23. The van der Waals surface area contributed by atoms with E-state index in [9.17, 15) is 0 Å². The Balaban J connectivity index is 1.46. The average Bonchev–Trinajstić information content (AvgIpc) is 3.49. The maximum Gasteiger partial charge on any atom is 0.228 e. The van der Waals surface area contributed by atoms with E-state index in [1.807, 2.05) is 22.5 Å². The van der Waals surface area contributed by atoms with Crippen LogP contribution in [0, 0.1) is 0 Å². The van der Waals surface area contributed by atoms with Crippen LogP contribution in [0.25, 0.3) is 16.1 Å². The molecule has 1 N–H and O–H groups in total. The highest BCUT2D eigenvalue weighted by atomic mass is 32.2. The first-order valence-electron chi connectivity index (χ1n) is 11.5. The standard InChI is InChI=1S/C25H29N5S2/c1-17(2)21-16-27-30-23(21)28-25(32-19-10-4-3-5-11-19)29-24(30)26-15-18-9-6-7-12-20(18)22-13-8-14-31-22/h6-9,12-14,16-17,19H,3-5,10-11,15H2,1-2H3,(H,26,28,29). The van der Waals surface area contributed by atoms with E-state index in [4.69, 9.17) is 9.97 Å². The number of hydrogen-bond acceptors (Lipinski definition) is 6. The zero-order chi connectivity index (χ0) is 21.9. The molecule has 32 heavy (non-hydrogen) atoms. The zero-order valence-corrected chi connectivity index (χ0v) is 20.3. The molecule has 0 spiro atoms. The number of nitrogens with zero attached hydrogens (tertiary/aromatic N) is 4. The molecule has 1 aliphatic rings. The van der Waals surface area contributed by atoms with Gasteiger partial charge in [0.15, 0.2) is 10.8 Å². The van der Waals surface area contributed by atoms with Crippen LogP contribution in [0.15, 0.2) is 53.1 Å². The van der Waals surface area contributed by atoms with E-state index in [0.717, 1.165) is 16.8 Å². The second-order valence-electron chi connectivity index (χ2n) is 8.69. The molecule has 1 aliphatic carbocycles. The summed E-state index contributed by atoms with van der Waals surface area (Å²) in [6.45, 7) is 5.07. The Morgan fingerprint density at radius 1 is 1.09 bits per heavy atom. The molecule has 7 heteroatoms. The summed E-state index contributed by atoms with van der Waals surface area (Å²) in [7, 11) is 0. The Bertz CT molecular complexity index is 1180. The minimum Gasteiger partial charge on any atom is -0.350 e. The highest BCUT2D eigenvalue weighted by Gasteiger charge is 2.20. The molecule has 3 heterocycles. The van der Waals surface area contributed by atoms with Crippen molar-refractivity contribution in [2.75, 3.05) is 5.32 Å². The molecule has 0 atom stereocenters. The molecule has 166 valence electrons. The van der Waals surface area contributed by atoms with Gasteiger partial charge in [-0.3, -0.25) is 0 Å². The fourth-order valence-electron chi connectivity index (χ4n) is 4.30. The molecule has 4 aromatic rings. The largest absolute Gasteiger partial charge is 0.350 e.